The van der Waals surface area contributed by atoms with E-state index in [0.29, 0.717) is 25.1 Å². The fourth-order valence-corrected chi connectivity index (χ4v) is 2.07. The van der Waals surface area contributed by atoms with Crippen molar-refractivity contribution in [3.05, 3.63) is 60.1 Å². The van der Waals surface area contributed by atoms with Gasteiger partial charge in [-0.25, -0.2) is 0 Å². The Morgan fingerprint density at radius 2 is 1.91 bits per heavy atom. The van der Waals surface area contributed by atoms with Gasteiger partial charge in [0.2, 0.25) is 11.8 Å². The minimum atomic E-state index is -0.593. The maximum Gasteiger partial charge on any atom is 0.243 e. The van der Waals surface area contributed by atoms with Gasteiger partial charge in [0, 0.05) is 12.8 Å². The van der Waals surface area contributed by atoms with E-state index in [2.05, 4.69) is 10.6 Å². The molecule has 1 atom stereocenters. The minimum Gasteiger partial charge on any atom is -0.467 e. The number of hydrogen-bond donors (Lipinski definition) is 2. The maximum absolute atomic E-state index is 12.3. The Morgan fingerprint density at radius 1 is 1.14 bits per heavy atom. The average Bonchev–Trinajstić information content (AvgIpc) is 3.06. The first-order chi connectivity index (χ1) is 10.7. The van der Waals surface area contributed by atoms with Crippen LogP contribution < -0.4 is 10.6 Å². The molecule has 1 heterocycles. The van der Waals surface area contributed by atoms with Crippen LogP contribution in [0.25, 0.3) is 0 Å². The summed E-state index contributed by atoms with van der Waals surface area (Å²) in [7, 11) is 0. The molecule has 2 N–H and O–H groups in total. The molecule has 5 nitrogen and oxygen atoms in total. The zero-order chi connectivity index (χ0) is 15.8. The van der Waals surface area contributed by atoms with Gasteiger partial charge in [-0.1, -0.05) is 37.3 Å². The summed E-state index contributed by atoms with van der Waals surface area (Å²) < 4.78 is 5.18. The van der Waals surface area contributed by atoms with E-state index in [9.17, 15) is 9.59 Å². The van der Waals surface area contributed by atoms with Crippen LogP contribution in [-0.4, -0.2) is 17.9 Å². The maximum atomic E-state index is 12.3. The largest absolute Gasteiger partial charge is 0.467 e. The van der Waals surface area contributed by atoms with Crippen LogP contribution in [0.1, 0.15) is 24.7 Å². The van der Waals surface area contributed by atoms with E-state index in [4.69, 9.17) is 4.42 Å². The third-order valence-corrected chi connectivity index (χ3v) is 3.27. The molecule has 0 spiro atoms. The third kappa shape index (κ3) is 4.77. The second-order valence-corrected chi connectivity index (χ2v) is 4.96. The van der Waals surface area contributed by atoms with Crippen molar-refractivity contribution in [3.8, 4) is 0 Å². The van der Waals surface area contributed by atoms with Crippen LogP contribution in [0.2, 0.25) is 0 Å². The normalized spacial score (nSPS) is 11.7. The van der Waals surface area contributed by atoms with Gasteiger partial charge in [0.25, 0.3) is 0 Å². The molecule has 1 unspecified atom stereocenters. The lowest BCUT2D eigenvalue weighted by atomic mass is 10.1. The molecular weight excluding hydrogens is 280 g/mol. The summed E-state index contributed by atoms with van der Waals surface area (Å²) >= 11 is 0. The predicted octanol–water partition coefficient (Wildman–Crippen LogP) is 2.03. The van der Waals surface area contributed by atoms with Crippen molar-refractivity contribution in [3.63, 3.8) is 0 Å². The van der Waals surface area contributed by atoms with E-state index < -0.39 is 6.04 Å². The lowest BCUT2D eigenvalue weighted by molar-refractivity contribution is -0.129. The van der Waals surface area contributed by atoms with Crippen molar-refractivity contribution in [2.24, 2.45) is 0 Å². The van der Waals surface area contributed by atoms with E-state index in [1.807, 2.05) is 30.3 Å². The topological polar surface area (TPSA) is 71.3 Å². The summed E-state index contributed by atoms with van der Waals surface area (Å²) in [5.74, 6) is 0.310. The zero-order valence-electron chi connectivity index (χ0n) is 12.5. The molecule has 116 valence electrons. The lowest BCUT2D eigenvalue weighted by Crippen LogP contribution is -2.47. The van der Waals surface area contributed by atoms with Crippen molar-refractivity contribution in [1.82, 2.24) is 10.6 Å². The quantitative estimate of drug-likeness (QED) is 0.822. The summed E-state index contributed by atoms with van der Waals surface area (Å²) in [5.41, 5.74) is 0.997. The fraction of sp³-hybridized carbons (Fsp3) is 0.294. The van der Waals surface area contributed by atoms with Crippen LogP contribution >= 0.6 is 0 Å². The number of benzene rings is 1. The van der Waals surface area contributed by atoms with E-state index in [1.165, 1.54) is 0 Å². The molecule has 1 aromatic heterocycles. The molecule has 0 aliphatic heterocycles. The number of carbonyl (C=O) groups is 2. The molecule has 0 saturated carbocycles. The van der Waals surface area contributed by atoms with E-state index in [-0.39, 0.29) is 11.8 Å². The van der Waals surface area contributed by atoms with E-state index >= 15 is 0 Å². The van der Waals surface area contributed by atoms with Gasteiger partial charge in [0.05, 0.1) is 12.8 Å². The minimum absolute atomic E-state index is 0.144. The molecule has 1 aromatic carbocycles. The molecule has 2 aromatic rings. The first-order valence-corrected chi connectivity index (χ1v) is 7.32. The number of rotatable bonds is 7. The van der Waals surface area contributed by atoms with Crippen LogP contribution in [-0.2, 0) is 22.6 Å². The average molecular weight is 300 g/mol. The summed E-state index contributed by atoms with van der Waals surface area (Å²) in [4.78, 5) is 24.0. The second kappa shape index (κ2) is 8.02. The standard InChI is InChI=1S/C17H20N2O3/c1-2-16(20)19-15(11-13-7-4-3-5-8-13)17(21)18-12-14-9-6-10-22-14/h3-10,15H,2,11-12H2,1H3,(H,18,21)(H,19,20). The molecule has 0 saturated heterocycles. The number of furan rings is 1. The SMILES string of the molecule is CCC(=O)NC(Cc1ccccc1)C(=O)NCc1ccco1. The summed E-state index contributed by atoms with van der Waals surface area (Å²) in [6, 6.07) is 12.6. The van der Waals surface area contributed by atoms with Crippen molar-refractivity contribution >= 4 is 11.8 Å². The number of nitrogens with one attached hydrogen (secondary N) is 2. The molecular formula is C17H20N2O3. The van der Waals surface area contributed by atoms with Crippen molar-refractivity contribution in [2.45, 2.75) is 32.4 Å². The summed E-state index contributed by atoms with van der Waals surface area (Å²) in [6.07, 6.45) is 2.36. The molecule has 0 bridgehead atoms. The highest BCUT2D eigenvalue weighted by Gasteiger charge is 2.20. The molecule has 0 radical (unpaired) electrons. The Labute approximate surface area is 129 Å². The smallest absolute Gasteiger partial charge is 0.243 e. The van der Waals surface area contributed by atoms with E-state index in [0.717, 1.165) is 5.56 Å². The van der Waals surface area contributed by atoms with Crippen molar-refractivity contribution < 1.29 is 14.0 Å². The molecule has 22 heavy (non-hydrogen) atoms. The lowest BCUT2D eigenvalue weighted by Gasteiger charge is -2.18. The highest BCUT2D eigenvalue weighted by molar-refractivity contribution is 5.87. The Balaban J connectivity index is 1.99. The first-order valence-electron chi connectivity index (χ1n) is 7.32. The van der Waals surface area contributed by atoms with Gasteiger partial charge in [-0.15, -0.1) is 0 Å². The predicted molar refractivity (Wildman–Crippen MR) is 82.9 cm³/mol. The van der Waals surface area contributed by atoms with E-state index in [1.54, 1.807) is 25.3 Å². The molecule has 2 rings (SSSR count). The van der Waals surface area contributed by atoms with Gasteiger partial charge in [0.1, 0.15) is 11.8 Å². The van der Waals surface area contributed by atoms with Crippen LogP contribution in [0.5, 0.6) is 0 Å². The van der Waals surface area contributed by atoms with Crippen LogP contribution in [0.3, 0.4) is 0 Å². The zero-order valence-corrected chi connectivity index (χ0v) is 12.5. The third-order valence-electron chi connectivity index (χ3n) is 3.27. The van der Waals surface area contributed by atoms with Gasteiger partial charge in [-0.05, 0) is 17.7 Å². The molecule has 5 heteroatoms. The first kappa shape index (κ1) is 15.8. The monoisotopic (exact) mass is 300 g/mol. The molecule has 0 aliphatic carbocycles. The second-order valence-electron chi connectivity index (χ2n) is 4.96. The fourth-order valence-electron chi connectivity index (χ4n) is 2.07. The summed E-state index contributed by atoms with van der Waals surface area (Å²) in [5, 5.41) is 5.55. The highest BCUT2D eigenvalue weighted by atomic mass is 16.3. The van der Waals surface area contributed by atoms with Gasteiger partial charge in [0.15, 0.2) is 0 Å². The Hall–Kier alpha value is -2.56. The Kier molecular flexibility index (Phi) is 5.77. The van der Waals surface area contributed by atoms with Crippen LogP contribution in [0.4, 0.5) is 0 Å². The highest BCUT2D eigenvalue weighted by Crippen LogP contribution is 2.05. The van der Waals surface area contributed by atoms with Crippen LogP contribution in [0, 0.1) is 0 Å². The van der Waals surface area contributed by atoms with Gasteiger partial charge in [-0.2, -0.15) is 0 Å². The molecule has 0 aliphatic rings. The molecule has 2 amide bonds. The van der Waals surface area contributed by atoms with Gasteiger partial charge < -0.3 is 15.1 Å². The Morgan fingerprint density at radius 3 is 2.55 bits per heavy atom. The van der Waals surface area contributed by atoms with Crippen molar-refractivity contribution in [1.29, 1.82) is 0 Å². The van der Waals surface area contributed by atoms with Crippen LogP contribution in [0.15, 0.2) is 53.1 Å². The number of hydrogen-bond acceptors (Lipinski definition) is 3. The van der Waals surface area contributed by atoms with Gasteiger partial charge >= 0.3 is 0 Å². The van der Waals surface area contributed by atoms with Crippen molar-refractivity contribution in [2.75, 3.05) is 0 Å². The number of carbonyl (C=O) groups excluding carboxylic acids is 2. The number of amides is 2. The van der Waals surface area contributed by atoms with Gasteiger partial charge in [-0.3, -0.25) is 9.59 Å². The summed E-state index contributed by atoms with van der Waals surface area (Å²) in [6.45, 7) is 2.06. The Bertz CT molecular complexity index is 594. The molecule has 0 fully saturated rings.